The lowest BCUT2D eigenvalue weighted by Gasteiger charge is -2.04. The van der Waals surface area contributed by atoms with Crippen molar-refractivity contribution < 1.29 is 0 Å². The fourth-order valence-electron chi connectivity index (χ4n) is 0.775. The molecule has 1 aromatic rings. The standard InChI is InChI=1S/C8H11N3S.C2H6/c1-4-6-7(5-2)12-8(10-6)11(3)9;1-2/h4-5H,1-2,9H2,3H3;1-2H3. The van der Waals surface area contributed by atoms with Gasteiger partial charge in [0.15, 0.2) is 0 Å². The van der Waals surface area contributed by atoms with Crippen molar-refractivity contribution >= 4 is 28.6 Å². The summed E-state index contributed by atoms with van der Waals surface area (Å²) in [4.78, 5) is 5.23. The van der Waals surface area contributed by atoms with Crippen LogP contribution in [0.5, 0.6) is 0 Å². The van der Waals surface area contributed by atoms with E-state index in [9.17, 15) is 0 Å². The third-order valence-electron chi connectivity index (χ3n) is 1.35. The van der Waals surface area contributed by atoms with Crippen molar-refractivity contribution in [2.45, 2.75) is 13.8 Å². The van der Waals surface area contributed by atoms with Crippen molar-refractivity contribution in [3.05, 3.63) is 23.7 Å². The highest BCUT2D eigenvalue weighted by Crippen LogP contribution is 2.25. The van der Waals surface area contributed by atoms with Crippen LogP contribution in [0.1, 0.15) is 24.4 Å². The third-order valence-corrected chi connectivity index (χ3v) is 2.51. The molecule has 0 aliphatic carbocycles. The molecule has 0 amide bonds. The van der Waals surface area contributed by atoms with Crippen molar-refractivity contribution in [1.82, 2.24) is 4.98 Å². The first-order valence-corrected chi connectivity index (χ1v) is 5.24. The number of hydrazine groups is 1. The predicted molar refractivity (Wildman–Crippen MR) is 66.2 cm³/mol. The molecule has 0 unspecified atom stereocenters. The van der Waals surface area contributed by atoms with Gasteiger partial charge in [-0.25, -0.2) is 10.8 Å². The quantitative estimate of drug-likeness (QED) is 0.617. The zero-order chi connectivity index (χ0) is 11.1. The van der Waals surface area contributed by atoms with Crippen molar-refractivity contribution in [3.63, 3.8) is 0 Å². The molecule has 0 radical (unpaired) electrons. The number of thiazole rings is 1. The molecule has 0 bridgehead atoms. The summed E-state index contributed by atoms with van der Waals surface area (Å²) in [6.45, 7) is 11.3. The van der Waals surface area contributed by atoms with Crippen LogP contribution in [0.15, 0.2) is 13.2 Å². The number of hydrogen-bond acceptors (Lipinski definition) is 4. The molecule has 78 valence electrons. The van der Waals surface area contributed by atoms with Crippen LogP contribution in [0.25, 0.3) is 12.2 Å². The van der Waals surface area contributed by atoms with Gasteiger partial charge in [-0.2, -0.15) is 0 Å². The van der Waals surface area contributed by atoms with E-state index >= 15 is 0 Å². The Morgan fingerprint density at radius 3 is 2.21 bits per heavy atom. The van der Waals surface area contributed by atoms with Crippen LogP contribution in [0.3, 0.4) is 0 Å². The molecule has 0 saturated heterocycles. The van der Waals surface area contributed by atoms with E-state index in [0.717, 1.165) is 15.7 Å². The predicted octanol–water partition coefficient (Wildman–Crippen LogP) is 2.77. The summed E-state index contributed by atoms with van der Waals surface area (Å²) in [6.07, 6.45) is 3.45. The largest absolute Gasteiger partial charge is 0.289 e. The average molecular weight is 211 g/mol. The maximum Gasteiger partial charge on any atom is 0.200 e. The monoisotopic (exact) mass is 211 g/mol. The van der Waals surface area contributed by atoms with Gasteiger partial charge in [0, 0.05) is 7.05 Å². The number of hydrogen-bond donors (Lipinski definition) is 1. The minimum atomic E-state index is 0.764. The Bertz CT molecular complexity index is 277. The van der Waals surface area contributed by atoms with Crippen LogP contribution in [-0.4, -0.2) is 12.0 Å². The molecule has 2 N–H and O–H groups in total. The molecule has 1 heterocycles. The number of nitrogens with two attached hydrogens (primary N) is 1. The minimum Gasteiger partial charge on any atom is -0.289 e. The minimum absolute atomic E-state index is 0.764. The van der Waals surface area contributed by atoms with E-state index in [0.29, 0.717) is 0 Å². The van der Waals surface area contributed by atoms with Crippen LogP contribution < -0.4 is 10.9 Å². The molecule has 1 rings (SSSR count). The summed E-state index contributed by atoms with van der Waals surface area (Å²) in [5.74, 6) is 5.52. The van der Waals surface area contributed by atoms with Gasteiger partial charge in [-0.15, -0.1) is 0 Å². The summed E-state index contributed by atoms with van der Waals surface area (Å²) in [7, 11) is 1.75. The van der Waals surface area contributed by atoms with Gasteiger partial charge in [-0.3, -0.25) is 5.01 Å². The summed E-state index contributed by atoms with van der Waals surface area (Å²) in [5, 5.41) is 2.24. The van der Waals surface area contributed by atoms with Crippen LogP contribution in [0, 0.1) is 0 Å². The van der Waals surface area contributed by atoms with Crippen LogP contribution in [-0.2, 0) is 0 Å². The SMILES string of the molecule is C=Cc1nc(N(C)N)sc1C=C.CC. The lowest BCUT2D eigenvalue weighted by molar-refractivity contribution is 1.00. The molecular formula is C10H17N3S. The molecule has 4 heteroatoms. The van der Waals surface area contributed by atoms with E-state index in [-0.39, 0.29) is 0 Å². The summed E-state index contributed by atoms with van der Waals surface area (Å²) in [5.41, 5.74) is 0.835. The van der Waals surface area contributed by atoms with Crippen LogP contribution in [0.4, 0.5) is 5.13 Å². The fraction of sp³-hybridized carbons (Fsp3) is 0.300. The van der Waals surface area contributed by atoms with Crippen LogP contribution in [0.2, 0.25) is 0 Å². The first-order chi connectivity index (χ1) is 6.69. The lowest BCUT2D eigenvalue weighted by Crippen LogP contribution is -2.24. The second kappa shape index (κ2) is 6.34. The van der Waals surface area contributed by atoms with E-state index in [1.54, 1.807) is 19.2 Å². The van der Waals surface area contributed by atoms with Gasteiger partial charge in [-0.1, -0.05) is 38.3 Å². The van der Waals surface area contributed by atoms with Gasteiger partial charge in [0.2, 0.25) is 5.13 Å². The van der Waals surface area contributed by atoms with Crippen molar-refractivity contribution in [2.75, 3.05) is 12.1 Å². The molecule has 0 fully saturated rings. The van der Waals surface area contributed by atoms with Gasteiger partial charge in [0.25, 0.3) is 0 Å². The molecule has 14 heavy (non-hydrogen) atoms. The second-order valence-corrected chi connectivity index (χ2v) is 3.27. The Kier molecular flexibility index (Phi) is 5.83. The maximum absolute atomic E-state index is 5.52. The number of rotatable bonds is 3. The van der Waals surface area contributed by atoms with Crippen molar-refractivity contribution in [3.8, 4) is 0 Å². The highest BCUT2D eigenvalue weighted by molar-refractivity contribution is 7.16. The van der Waals surface area contributed by atoms with Gasteiger partial charge in [0.05, 0.1) is 10.6 Å². The summed E-state index contributed by atoms with van der Waals surface area (Å²) < 4.78 is 0. The highest BCUT2D eigenvalue weighted by Gasteiger charge is 2.06. The highest BCUT2D eigenvalue weighted by atomic mass is 32.1. The van der Waals surface area contributed by atoms with Crippen molar-refractivity contribution in [2.24, 2.45) is 5.84 Å². The first kappa shape index (κ1) is 12.9. The Balaban J connectivity index is 0.000000791. The first-order valence-electron chi connectivity index (χ1n) is 4.43. The Morgan fingerprint density at radius 2 is 1.93 bits per heavy atom. The smallest absolute Gasteiger partial charge is 0.200 e. The topological polar surface area (TPSA) is 42.2 Å². The second-order valence-electron chi connectivity index (χ2n) is 2.27. The maximum atomic E-state index is 5.52. The number of aromatic nitrogens is 1. The van der Waals surface area contributed by atoms with Gasteiger partial charge >= 0.3 is 0 Å². The van der Waals surface area contributed by atoms with E-state index in [1.165, 1.54) is 16.3 Å². The van der Waals surface area contributed by atoms with E-state index < -0.39 is 0 Å². The summed E-state index contributed by atoms with van der Waals surface area (Å²) in [6, 6.07) is 0. The zero-order valence-electron chi connectivity index (χ0n) is 8.95. The van der Waals surface area contributed by atoms with Gasteiger partial charge in [0.1, 0.15) is 0 Å². The van der Waals surface area contributed by atoms with E-state index in [2.05, 4.69) is 18.1 Å². The average Bonchev–Trinajstić information content (AvgIpc) is 2.63. The molecule has 3 nitrogen and oxygen atoms in total. The number of nitrogens with zero attached hydrogens (tertiary/aromatic N) is 2. The van der Waals surface area contributed by atoms with E-state index in [4.69, 9.17) is 5.84 Å². The molecule has 0 aliphatic heterocycles. The summed E-state index contributed by atoms with van der Waals surface area (Å²) >= 11 is 1.49. The molecule has 0 saturated carbocycles. The fourth-order valence-corrected chi connectivity index (χ4v) is 1.58. The van der Waals surface area contributed by atoms with Gasteiger partial charge < -0.3 is 0 Å². The Morgan fingerprint density at radius 1 is 1.36 bits per heavy atom. The van der Waals surface area contributed by atoms with Gasteiger partial charge in [-0.05, 0) is 12.2 Å². The molecule has 0 aliphatic rings. The molecule has 0 aromatic carbocycles. The Hall–Kier alpha value is -1.13. The molecule has 0 atom stereocenters. The third kappa shape index (κ3) is 2.97. The molecular weight excluding hydrogens is 194 g/mol. The Labute approximate surface area is 89.5 Å². The lowest BCUT2D eigenvalue weighted by atomic mass is 10.3. The molecule has 1 aromatic heterocycles. The normalized spacial score (nSPS) is 8.57. The van der Waals surface area contributed by atoms with Crippen molar-refractivity contribution in [1.29, 1.82) is 0 Å². The number of anilines is 1. The van der Waals surface area contributed by atoms with Crippen LogP contribution >= 0.6 is 11.3 Å². The molecule has 0 spiro atoms. The zero-order valence-corrected chi connectivity index (χ0v) is 9.77. The van der Waals surface area contributed by atoms with E-state index in [1.807, 2.05) is 13.8 Å².